The number of hydrogen-bond acceptors (Lipinski definition) is 2. The number of benzene rings is 1. The van der Waals surface area contributed by atoms with Crippen molar-refractivity contribution in [3.8, 4) is 0 Å². The van der Waals surface area contributed by atoms with Crippen molar-refractivity contribution in [2.45, 2.75) is 45.6 Å². The second-order valence-electron chi connectivity index (χ2n) is 5.71. The number of rotatable bonds is 4. The summed E-state index contributed by atoms with van der Waals surface area (Å²) in [6.07, 6.45) is 5.38. The number of anilines is 1. The highest BCUT2D eigenvalue weighted by Crippen LogP contribution is 2.30. The molecule has 0 aromatic heterocycles. The van der Waals surface area contributed by atoms with Gasteiger partial charge in [-0.05, 0) is 43.4 Å². The Morgan fingerprint density at radius 1 is 1.37 bits per heavy atom. The zero-order valence-corrected chi connectivity index (χ0v) is 13.6. The molecule has 1 aromatic carbocycles. The maximum Gasteiger partial charge on any atom is 0.0377 e. The predicted molar refractivity (Wildman–Crippen MR) is 86.6 cm³/mol. The quantitative estimate of drug-likeness (QED) is 0.884. The second kappa shape index (κ2) is 6.76. The first-order chi connectivity index (χ1) is 9.11. The van der Waals surface area contributed by atoms with Crippen LogP contribution in [0.25, 0.3) is 0 Å². The number of piperidine rings is 1. The Morgan fingerprint density at radius 2 is 2.05 bits per heavy atom. The molecule has 19 heavy (non-hydrogen) atoms. The normalized spacial score (nSPS) is 18.6. The maximum atomic E-state index is 5.95. The van der Waals surface area contributed by atoms with E-state index in [1.807, 2.05) is 6.92 Å². The van der Waals surface area contributed by atoms with Gasteiger partial charge >= 0.3 is 0 Å². The van der Waals surface area contributed by atoms with Crippen molar-refractivity contribution in [2.24, 2.45) is 11.7 Å². The van der Waals surface area contributed by atoms with Gasteiger partial charge in [0, 0.05) is 29.3 Å². The lowest BCUT2D eigenvalue weighted by atomic mass is 9.92. The Kier molecular flexibility index (Phi) is 5.28. The van der Waals surface area contributed by atoms with Gasteiger partial charge in [-0.3, -0.25) is 0 Å². The number of nitrogens with two attached hydrogens (primary N) is 1. The smallest absolute Gasteiger partial charge is 0.0377 e. The number of halogens is 1. The average Bonchev–Trinajstić information content (AvgIpc) is 2.39. The van der Waals surface area contributed by atoms with Crippen molar-refractivity contribution < 1.29 is 0 Å². The Morgan fingerprint density at radius 3 is 2.58 bits per heavy atom. The van der Waals surface area contributed by atoms with Crippen LogP contribution in [0.3, 0.4) is 0 Å². The highest BCUT2D eigenvalue weighted by Gasteiger charge is 2.19. The zero-order valence-electron chi connectivity index (χ0n) is 12.0. The van der Waals surface area contributed by atoms with Crippen LogP contribution >= 0.6 is 15.9 Å². The van der Waals surface area contributed by atoms with Gasteiger partial charge in [0.1, 0.15) is 0 Å². The van der Waals surface area contributed by atoms with E-state index in [2.05, 4.69) is 46.0 Å². The fourth-order valence-electron chi connectivity index (χ4n) is 2.97. The molecule has 3 heteroatoms. The Hall–Kier alpha value is -0.540. The Balaban J connectivity index is 2.02. The minimum Gasteiger partial charge on any atom is -0.371 e. The van der Waals surface area contributed by atoms with E-state index in [0.29, 0.717) is 0 Å². The Labute approximate surface area is 125 Å². The van der Waals surface area contributed by atoms with E-state index in [1.165, 1.54) is 50.0 Å². The molecule has 0 saturated carbocycles. The van der Waals surface area contributed by atoms with Crippen molar-refractivity contribution in [1.82, 2.24) is 0 Å². The van der Waals surface area contributed by atoms with Gasteiger partial charge in [0.15, 0.2) is 0 Å². The summed E-state index contributed by atoms with van der Waals surface area (Å²) < 4.78 is 1.13. The van der Waals surface area contributed by atoms with Crippen molar-refractivity contribution in [3.63, 3.8) is 0 Å². The van der Waals surface area contributed by atoms with Gasteiger partial charge in [-0.15, -0.1) is 0 Å². The lowest BCUT2D eigenvalue weighted by Gasteiger charge is -2.34. The minimum absolute atomic E-state index is 0.0821. The molecule has 2 rings (SSSR count). The zero-order chi connectivity index (χ0) is 13.8. The van der Waals surface area contributed by atoms with Crippen LogP contribution in [0.5, 0.6) is 0 Å². The van der Waals surface area contributed by atoms with Crippen LogP contribution in [0.4, 0.5) is 5.69 Å². The van der Waals surface area contributed by atoms with Gasteiger partial charge in [0.25, 0.3) is 0 Å². The molecule has 1 saturated heterocycles. The van der Waals surface area contributed by atoms with E-state index in [9.17, 15) is 0 Å². The van der Waals surface area contributed by atoms with Crippen molar-refractivity contribution >= 4 is 21.6 Å². The SMILES string of the molecule is CCCC1CCN(c2ccc([C@@H](C)N)c(Br)c2)CC1. The van der Waals surface area contributed by atoms with E-state index < -0.39 is 0 Å². The summed E-state index contributed by atoms with van der Waals surface area (Å²) in [5.74, 6) is 0.938. The minimum atomic E-state index is 0.0821. The van der Waals surface area contributed by atoms with Gasteiger partial charge < -0.3 is 10.6 Å². The van der Waals surface area contributed by atoms with Crippen LogP contribution in [0.15, 0.2) is 22.7 Å². The van der Waals surface area contributed by atoms with Crippen molar-refractivity contribution in [2.75, 3.05) is 18.0 Å². The van der Waals surface area contributed by atoms with Gasteiger partial charge in [-0.1, -0.05) is 41.8 Å². The van der Waals surface area contributed by atoms with Crippen LogP contribution in [0, 0.1) is 5.92 Å². The van der Waals surface area contributed by atoms with Crippen LogP contribution < -0.4 is 10.6 Å². The van der Waals surface area contributed by atoms with Gasteiger partial charge in [0.05, 0.1) is 0 Å². The van der Waals surface area contributed by atoms with E-state index in [1.54, 1.807) is 0 Å². The molecular weight excluding hydrogens is 300 g/mol. The molecule has 2 N–H and O–H groups in total. The molecule has 0 amide bonds. The molecule has 0 unspecified atom stereocenters. The third kappa shape index (κ3) is 3.73. The Bertz CT molecular complexity index is 409. The third-order valence-corrected chi connectivity index (χ3v) is 4.84. The molecule has 0 aliphatic carbocycles. The molecule has 1 heterocycles. The second-order valence-corrected chi connectivity index (χ2v) is 6.57. The molecule has 0 radical (unpaired) electrons. The van der Waals surface area contributed by atoms with E-state index in [4.69, 9.17) is 5.73 Å². The fourth-order valence-corrected chi connectivity index (χ4v) is 3.70. The largest absolute Gasteiger partial charge is 0.371 e. The molecule has 1 aliphatic rings. The lowest BCUT2D eigenvalue weighted by molar-refractivity contribution is 0.378. The van der Waals surface area contributed by atoms with Crippen LogP contribution in [0.2, 0.25) is 0 Å². The molecule has 0 bridgehead atoms. The fraction of sp³-hybridized carbons (Fsp3) is 0.625. The molecule has 1 aromatic rings. The topological polar surface area (TPSA) is 29.3 Å². The first-order valence-corrected chi connectivity index (χ1v) is 8.21. The first kappa shape index (κ1) is 14.9. The molecule has 1 fully saturated rings. The molecule has 106 valence electrons. The number of hydrogen-bond donors (Lipinski definition) is 1. The average molecular weight is 325 g/mol. The van der Waals surface area contributed by atoms with Gasteiger partial charge in [0.2, 0.25) is 0 Å². The standard InChI is InChI=1S/C16H25BrN2/c1-3-4-13-7-9-19(10-8-13)14-5-6-15(12(2)18)16(17)11-14/h5-6,11-13H,3-4,7-10,18H2,1-2H3/t12-/m1/s1. The number of nitrogens with zero attached hydrogens (tertiary/aromatic N) is 1. The monoisotopic (exact) mass is 324 g/mol. The highest BCUT2D eigenvalue weighted by molar-refractivity contribution is 9.10. The third-order valence-electron chi connectivity index (χ3n) is 4.15. The van der Waals surface area contributed by atoms with Crippen molar-refractivity contribution in [3.05, 3.63) is 28.2 Å². The van der Waals surface area contributed by atoms with Gasteiger partial charge in [-0.2, -0.15) is 0 Å². The molecule has 0 spiro atoms. The summed E-state index contributed by atoms with van der Waals surface area (Å²) in [4.78, 5) is 2.50. The summed E-state index contributed by atoms with van der Waals surface area (Å²) in [6.45, 7) is 6.69. The summed E-state index contributed by atoms with van der Waals surface area (Å²) in [5, 5.41) is 0. The maximum absolute atomic E-state index is 5.95. The summed E-state index contributed by atoms with van der Waals surface area (Å²) in [6, 6.07) is 6.67. The van der Waals surface area contributed by atoms with E-state index >= 15 is 0 Å². The molecule has 1 atom stereocenters. The molecule has 1 aliphatic heterocycles. The van der Waals surface area contributed by atoms with E-state index in [0.717, 1.165) is 10.4 Å². The lowest BCUT2D eigenvalue weighted by Crippen LogP contribution is -2.33. The summed E-state index contributed by atoms with van der Waals surface area (Å²) in [5.41, 5.74) is 8.46. The summed E-state index contributed by atoms with van der Waals surface area (Å²) >= 11 is 3.64. The van der Waals surface area contributed by atoms with Crippen molar-refractivity contribution in [1.29, 1.82) is 0 Å². The summed E-state index contributed by atoms with van der Waals surface area (Å²) in [7, 11) is 0. The van der Waals surface area contributed by atoms with E-state index in [-0.39, 0.29) is 6.04 Å². The first-order valence-electron chi connectivity index (χ1n) is 7.41. The van der Waals surface area contributed by atoms with Crippen LogP contribution in [-0.4, -0.2) is 13.1 Å². The van der Waals surface area contributed by atoms with Crippen LogP contribution in [0.1, 0.15) is 51.1 Å². The van der Waals surface area contributed by atoms with Gasteiger partial charge in [-0.25, -0.2) is 0 Å². The molecule has 2 nitrogen and oxygen atoms in total. The van der Waals surface area contributed by atoms with Crippen LogP contribution in [-0.2, 0) is 0 Å². The molecular formula is C16H25BrN2. The highest BCUT2D eigenvalue weighted by atomic mass is 79.9. The predicted octanol–water partition coefficient (Wildman–Crippen LogP) is 4.49.